The Balaban J connectivity index is 2.43. The zero-order valence-corrected chi connectivity index (χ0v) is 7.26. The number of hydrogen-bond acceptors (Lipinski definition) is 2. The number of benzene rings is 1. The number of hydrogen-bond donors (Lipinski definition) is 2. The van der Waals surface area contributed by atoms with E-state index < -0.39 is 0 Å². The normalized spacial score (nSPS) is 20.3. The Hall–Kier alpha value is -1.09. The number of anilines is 1. The summed E-state index contributed by atoms with van der Waals surface area (Å²) in [6, 6.07) is 2.99. The van der Waals surface area contributed by atoms with Crippen molar-refractivity contribution in [1.82, 2.24) is 0 Å². The van der Waals surface area contributed by atoms with Crippen LogP contribution in [0, 0.1) is 11.7 Å². The van der Waals surface area contributed by atoms with E-state index in [2.05, 4.69) is 0 Å². The van der Waals surface area contributed by atoms with Gasteiger partial charge in [-0.15, -0.1) is 0 Å². The van der Waals surface area contributed by atoms with Crippen LogP contribution in [0.5, 0.6) is 0 Å². The molecule has 1 atom stereocenters. The van der Waals surface area contributed by atoms with Crippen LogP contribution >= 0.6 is 0 Å². The fourth-order valence-electron chi connectivity index (χ4n) is 1.92. The molecule has 0 saturated heterocycles. The molecule has 2 rings (SSSR count). The largest absolute Gasteiger partial charge is 0.398 e. The van der Waals surface area contributed by atoms with Crippen molar-refractivity contribution in [3.63, 3.8) is 0 Å². The van der Waals surface area contributed by atoms with E-state index in [-0.39, 0.29) is 18.3 Å². The average molecular weight is 181 g/mol. The third kappa shape index (κ3) is 1.29. The van der Waals surface area contributed by atoms with Gasteiger partial charge in [-0.05, 0) is 42.0 Å². The molecule has 1 aliphatic carbocycles. The number of aliphatic hydroxyl groups excluding tert-OH is 1. The van der Waals surface area contributed by atoms with Crippen LogP contribution in [0.2, 0.25) is 0 Å². The van der Waals surface area contributed by atoms with Crippen molar-refractivity contribution in [3.05, 3.63) is 29.1 Å². The Kier molecular flexibility index (Phi) is 1.96. The van der Waals surface area contributed by atoms with Gasteiger partial charge >= 0.3 is 0 Å². The van der Waals surface area contributed by atoms with Crippen LogP contribution in [-0.4, -0.2) is 11.7 Å². The maximum Gasteiger partial charge on any atom is 0.126 e. The van der Waals surface area contributed by atoms with Gasteiger partial charge in [0.2, 0.25) is 0 Å². The van der Waals surface area contributed by atoms with Gasteiger partial charge in [0.1, 0.15) is 5.82 Å². The van der Waals surface area contributed by atoms with Gasteiger partial charge in [0.05, 0.1) is 0 Å². The van der Waals surface area contributed by atoms with Crippen LogP contribution in [0.4, 0.5) is 10.1 Å². The molecule has 13 heavy (non-hydrogen) atoms. The maximum atomic E-state index is 13.2. The molecule has 0 spiro atoms. The van der Waals surface area contributed by atoms with Gasteiger partial charge < -0.3 is 10.8 Å². The molecule has 0 amide bonds. The molecule has 0 aromatic heterocycles. The summed E-state index contributed by atoms with van der Waals surface area (Å²) in [6.45, 7) is 0.105. The number of halogens is 1. The zero-order valence-electron chi connectivity index (χ0n) is 7.26. The first-order valence-electron chi connectivity index (χ1n) is 4.39. The molecule has 1 aliphatic rings. The van der Waals surface area contributed by atoms with Crippen molar-refractivity contribution in [3.8, 4) is 0 Å². The minimum atomic E-state index is -0.194. The highest BCUT2D eigenvalue weighted by atomic mass is 19.1. The first-order chi connectivity index (χ1) is 6.22. The Morgan fingerprint density at radius 1 is 1.38 bits per heavy atom. The standard InChI is InChI=1S/C10H12FNO/c11-9-1-2-10(12)8-4-6(5-13)3-7(8)9/h1-2,6,13H,3-5,12H2. The Morgan fingerprint density at radius 3 is 2.69 bits per heavy atom. The predicted octanol–water partition coefficient (Wildman–Crippen LogP) is 1.11. The average Bonchev–Trinajstić information content (AvgIpc) is 2.56. The van der Waals surface area contributed by atoms with Crippen LogP contribution in [0.15, 0.2) is 12.1 Å². The molecular weight excluding hydrogens is 169 g/mol. The molecule has 0 saturated carbocycles. The molecule has 0 radical (unpaired) electrons. The summed E-state index contributed by atoms with van der Waals surface area (Å²) in [4.78, 5) is 0. The molecule has 3 N–H and O–H groups in total. The highest BCUT2D eigenvalue weighted by Crippen LogP contribution is 2.32. The molecule has 0 bridgehead atoms. The van der Waals surface area contributed by atoms with E-state index in [0.717, 1.165) is 5.56 Å². The van der Waals surface area contributed by atoms with Gasteiger partial charge in [0.15, 0.2) is 0 Å². The SMILES string of the molecule is Nc1ccc(F)c2c1CC(CO)C2. The van der Waals surface area contributed by atoms with Gasteiger partial charge in [-0.3, -0.25) is 0 Å². The highest BCUT2D eigenvalue weighted by Gasteiger charge is 2.25. The monoisotopic (exact) mass is 181 g/mol. The molecule has 3 heteroatoms. The molecule has 0 heterocycles. The predicted molar refractivity (Wildman–Crippen MR) is 48.8 cm³/mol. The number of aliphatic hydroxyl groups is 1. The van der Waals surface area contributed by atoms with Crippen molar-refractivity contribution >= 4 is 5.69 Å². The van der Waals surface area contributed by atoms with E-state index in [1.165, 1.54) is 6.07 Å². The Morgan fingerprint density at radius 2 is 2.08 bits per heavy atom. The van der Waals surface area contributed by atoms with E-state index in [1.807, 2.05) is 0 Å². The summed E-state index contributed by atoms with van der Waals surface area (Å²) in [7, 11) is 0. The van der Waals surface area contributed by atoms with Crippen molar-refractivity contribution in [2.45, 2.75) is 12.8 Å². The number of fused-ring (bicyclic) bond motifs is 1. The first kappa shape index (κ1) is 8.51. The quantitative estimate of drug-likeness (QED) is 0.637. The number of nitrogen functional groups attached to an aromatic ring is 1. The zero-order chi connectivity index (χ0) is 9.42. The fourth-order valence-corrected chi connectivity index (χ4v) is 1.92. The molecule has 1 aromatic carbocycles. The van der Waals surface area contributed by atoms with Gasteiger partial charge in [-0.1, -0.05) is 0 Å². The van der Waals surface area contributed by atoms with Gasteiger partial charge in [-0.2, -0.15) is 0 Å². The van der Waals surface area contributed by atoms with Crippen molar-refractivity contribution in [2.75, 3.05) is 12.3 Å². The van der Waals surface area contributed by atoms with Gasteiger partial charge in [-0.25, -0.2) is 4.39 Å². The van der Waals surface area contributed by atoms with Crippen LogP contribution in [0.1, 0.15) is 11.1 Å². The van der Waals surface area contributed by atoms with Crippen molar-refractivity contribution < 1.29 is 9.50 Å². The highest BCUT2D eigenvalue weighted by molar-refractivity contribution is 5.53. The lowest BCUT2D eigenvalue weighted by Crippen LogP contribution is -2.04. The summed E-state index contributed by atoms with van der Waals surface area (Å²) < 4.78 is 13.2. The lowest BCUT2D eigenvalue weighted by Gasteiger charge is -2.03. The molecule has 0 aliphatic heterocycles. The lowest BCUT2D eigenvalue weighted by atomic mass is 10.1. The molecule has 1 unspecified atom stereocenters. The van der Waals surface area contributed by atoms with Gasteiger partial charge in [0.25, 0.3) is 0 Å². The van der Waals surface area contributed by atoms with E-state index in [4.69, 9.17) is 10.8 Å². The molecule has 1 aromatic rings. The van der Waals surface area contributed by atoms with Crippen LogP contribution in [0.25, 0.3) is 0 Å². The maximum absolute atomic E-state index is 13.2. The molecule has 70 valence electrons. The number of rotatable bonds is 1. The van der Waals surface area contributed by atoms with Crippen LogP contribution in [-0.2, 0) is 12.8 Å². The van der Waals surface area contributed by atoms with Crippen LogP contribution < -0.4 is 5.73 Å². The summed E-state index contributed by atoms with van der Waals surface area (Å²) in [5.41, 5.74) is 7.94. The second-order valence-electron chi connectivity index (χ2n) is 3.55. The summed E-state index contributed by atoms with van der Waals surface area (Å²) in [5.74, 6) is -0.0469. The molecule has 0 fully saturated rings. The number of nitrogens with two attached hydrogens (primary N) is 1. The topological polar surface area (TPSA) is 46.2 Å². The van der Waals surface area contributed by atoms with E-state index >= 15 is 0 Å². The summed E-state index contributed by atoms with van der Waals surface area (Å²) in [6.07, 6.45) is 1.32. The Labute approximate surface area is 76.2 Å². The smallest absolute Gasteiger partial charge is 0.126 e. The Bertz CT molecular complexity index is 307. The van der Waals surface area contributed by atoms with E-state index in [1.54, 1.807) is 6.07 Å². The van der Waals surface area contributed by atoms with Crippen molar-refractivity contribution in [2.24, 2.45) is 5.92 Å². The van der Waals surface area contributed by atoms with Crippen molar-refractivity contribution in [1.29, 1.82) is 0 Å². The third-order valence-electron chi connectivity index (χ3n) is 2.65. The van der Waals surface area contributed by atoms with Crippen LogP contribution in [0.3, 0.4) is 0 Å². The third-order valence-corrected chi connectivity index (χ3v) is 2.65. The molecule has 2 nitrogen and oxygen atoms in total. The fraction of sp³-hybridized carbons (Fsp3) is 0.400. The lowest BCUT2D eigenvalue weighted by molar-refractivity contribution is 0.232. The summed E-state index contributed by atoms with van der Waals surface area (Å²) in [5, 5.41) is 8.96. The van der Waals surface area contributed by atoms with E-state index in [0.29, 0.717) is 24.1 Å². The van der Waals surface area contributed by atoms with E-state index in [9.17, 15) is 4.39 Å². The second kappa shape index (κ2) is 3.00. The van der Waals surface area contributed by atoms with Gasteiger partial charge in [0, 0.05) is 12.3 Å². The minimum absolute atomic E-state index is 0.105. The summed E-state index contributed by atoms with van der Waals surface area (Å²) >= 11 is 0. The second-order valence-corrected chi connectivity index (χ2v) is 3.55. The first-order valence-corrected chi connectivity index (χ1v) is 4.39. The minimum Gasteiger partial charge on any atom is -0.398 e. The molecular formula is C10H12FNO.